The molecule has 0 radical (unpaired) electrons. The van der Waals surface area contributed by atoms with E-state index in [4.69, 9.17) is 4.74 Å². The van der Waals surface area contributed by atoms with Crippen molar-refractivity contribution in [3.63, 3.8) is 0 Å². The van der Waals surface area contributed by atoms with Crippen LogP contribution in [0.3, 0.4) is 0 Å². The van der Waals surface area contributed by atoms with Crippen LogP contribution < -0.4 is 0 Å². The number of fused-ring (bicyclic) bond motifs is 3. The van der Waals surface area contributed by atoms with Gasteiger partial charge in [-0.1, -0.05) is 39.3 Å². The van der Waals surface area contributed by atoms with Crippen molar-refractivity contribution >= 4 is 5.97 Å². The Balaban J connectivity index is 1.98. The molecule has 0 aliphatic heterocycles. The molecule has 0 aromatic rings. The summed E-state index contributed by atoms with van der Waals surface area (Å²) in [5.74, 6) is 1.88. The minimum Gasteiger partial charge on any atom is -0.469 e. The fourth-order valence-electron chi connectivity index (χ4n) is 5.63. The third kappa shape index (κ3) is 2.49. The molecule has 0 aromatic carbocycles. The number of hydrogen-bond acceptors (Lipinski definition) is 2. The van der Waals surface area contributed by atoms with Gasteiger partial charge < -0.3 is 4.74 Å². The highest BCUT2D eigenvalue weighted by molar-refractivity contribution is 5.77. The van der Waals surface area contributed by atoms with Crippen LogP contribution in [0.5, 0.6) is 0 Å². The molecule has 0 N–H and O–H groups in total. The summed E-state index contributed by atoms with van der Waals surface area (Å²) >= 11 is 0. The zero-order valence-corrected chi connectivity index (χ0v) is 15.4. The number of esters is 1. The third-order valence-corrected chi connectivity index (χ3v) is 7.19. The summed E-state index contributed by atoms with van der Waals surface area (Å²) in [4.78, 5) is 12.5. The number of hydrogen-bond donors (Lipinski definition) is 0. The molecule has 0 aromatic heterocycles. The van der Waals surface area contributed by atoms with Crippen LogP contribution in [-0.4, -0.2) is 13.1 Å². The largest absolute Gasteiger partial charge is 0.469 e. The summed E-state index contributed by atoms with van der Waals surface area (Å²) in [5, 5.41) is 0. The normalized spacial score (nSPS) is 39.9. The van der Waals surface area contributed by atoms with Crippen LogP contribution in [0.2, 0.25) is 0 Å². The van der Waals surface area contributed by atoms with Gasteiger partial charge in [0.2, 0.25) is 0 Å². The monoisotopic (exact) mass is 316 g/mol. The number of ether oxygens (including phenoxy) is 1. The molecule has 0 saturated heterocycles. The maximum Gasteiger partial charge on any atom is 0.311 e. The average Bonchev–Trinajstić information content (AvgIpc) is 2.53. The molecule has 0 spiro atoms. The van der Waals surface area contributed by atoms with Crippen LogP contribution >= 0.6 is 0 Å². The smallest absolute Gasteiger partial charge is 0.311 e. The molecular weight excluding hydrogens is 284 g/mol. The molecular formula is C21H32O2. The lowest BCUT2D eigenvalue weighted by atomic mass is 9.49. The van der Waals surface area contributed by atoms with E-state index in [2.05, 4.69) is 39.8 Å². The predicted molar refractivity (Wildman–Crippen MR) is 93.9 cm³/mol. The molecule has 4 atom stereocenters. The minimum atomic E-state index is -0.334. The quantitative estimate of drug-likeness (QED) is 0.647. The molecule has 2 nitrogen and oxygen atoms in total. The first-order valence-corrected chi connectivity index (χ1v) is 9.31. The van der Waals surface area contributed by atoms with Gasteiger partial charge in [0.1, 0.15) is 0 Å². The van der Waals surface area contributed by atoms with E-state index in [0.717, 1.165) is 31.1 Å². The van der Waals surface area contributed by atoms with Crippen LogP contribution in [0.1, 0.15) is 66.2 Å². The molecule has 0 unspecified atom stereocenters. The molecule has 1 fully saturated rings. The highest BCUT2D eigenvalue weighted by Crippen LogP contribution is 2.61. The second-order valence-corrected chi connectivity index (χ2v) is 8.76. The van der Waals surface area contributed by atoms with Crippen LogP contribution in [-0.2, 0) is 9.53 Å². The van der Waals surface area contributed by atoms with Gasteiger partial charge in [0.15, 0.2) is 0 Å². The fraction of sp³-hybridized carbons (Fsp3) is 0.762. The van der Waals surface area contributed by atoms with E-state index >= 15 is 0 Å². The first-order chi connectivity index (χ1) is 10.8. The van der Waals surface area contributed by atoms with E-state index in [-0.39, 0.29) is 16.8 Å². The summed E-state index contributed by atoms with van der Waals surface area (Å²) in [6, 6.07) is 0. The van der Waals surface area contributed by atoms with E-state index < -0.39 is 0 Å². The van der Waals surface area contributed by atoms with Crippen molar-refractivity contribution in [2.45, 2.75) is 66.2 Å². The van der Waals surface area contributed by atoms with Gasteiger partial charge in [0, 0.05) is 0 Å². The van der Waals surface area contributed by atoms with Gasteiger partial charge in [-0.3, -0.25) is 4.79 Å². The molecule has 3 aliphatic carbocycles. The van der Waals surface area contributed by atoms with E-state index in [9.17, 15) is 4.79 Å². The summed E-state index contributed by atoms with van der Waals surface area (Å²) < 4.78 is 5.19. The Labute approximate surface area is 141 Å². The van der Waals surface area contributed by atoms with Crippen molar-refractivity contribution in [2.75, 3.05) is 7.11 Å². The molecule has 23 heavy (non-hydrogen) atoms. The molecule has 1 saturated carbocycles. The van der Waals surface area contributed by atoms with Gasteiger partial charge in [0.05, 0.1) is 12.5 Å². The predicted octanol–water partition coefficient (Wildman–Crippen LogP) is 5.29. The minimum absolute atomic E-state index is 0.0123. The van der Waals surface area contributed by atoms with Crippen molar-refractivity contribution in [2.24, 2.45) is 28.6 Å². The maximum absolute atomic E-state index is 12.5. The molecule has 0 bridgehead atoms. The van der Waals surface area contributed by atoms with Gasteiger partial charge in [-0.25, -0.2) is 0 Å². The standard InChI is InChI=1S/C21H32O2/c1-14(2)15-7-9-17-16(13-15)8-10-18-20(17,3)11-6-12-21(18,4)19(22)23-5/h8-9,14-15,18H,6-7,10-13H2,1-5H3/t15-,18-,20-,21-/m1/s1. The number of carbonyl (C=O) groups is 1. The number of methoxy groups -OCH3 is 1. The fourth-order valence-corrected chi connectivity index (χ4v) is 5.63. The molecule has 3 rings (SSSR count). The third-order valence-electron chi connectivity index (χ3n) is 7.19. The Morgan fingerprint density at radius 1 is 1.22 bits per heavy atom. The van der Waals surface area contributed by atoms with Crippen molar-refractivity contribution in [1.82, 2.24) is 0 Å². The topological polar surface area (TPSA) is 26.3 Å². The Morgan fingerprint density at radius 2 is 1.96 bits per heavy atom. The number of rotatable bonds is 2. The summed E-state index contributed by atoms with van der Waals surface area (Å²) in [6.07, 6.45) is 11.7. The Morgan fingerprint density at radius 3 is 2.61 bits per heavy atom. The Bertz CT molecular complexity index is 556. The number of carbonyl (C=O) groups excluding carboxylic acids is 1. The number of allylic oxidation sites excluding steroid dienone is 4. The van der Waals surface area contributed by atoms with Gasteiger partial charge in [-0.05, 0) is 73.3 Å². The van der Waals surface area contributed by atoms with Crippen LogP contribution in [0.15, 0.2) is 23.3 Å². The molecule has 0 heterocycles. The summed E-state index contributed by atoms with van der Waals surface area (Å²) in [5.41, 5.74) is 2.94. The molecule has 3 aliphatic rings. The Kier molecular flexibility index (Phi) is 4.23. The second-order valence-electron chi connectivity index (χ2n) is 8.76. The van der Waals surface area contributed by atoms with Crippen LogP contribution in [0.4, 0.5) is 0 Å². The first kappa shape index (κ1) is 16.8. The van der Waals surface area contributed by atoms with Crippen molar-refractivity contribution < 1.29 is 9.53 Å². The van der Waals surface area contributed by atoms with Crippen LogP contribution in [0.25, 0.3) is 0 Å². The lowest BCUT2D eigenvalue weighted by molar-refractivity contribution is -0.162. The van der Waals surface area contributed by atoms with Gasteiger partial charge in [0.25, 0.3) is 0 Å². The highest BCUT2D eigenvalue weighted by atomic mass is 16.5. The molecule has 128 valence electrons. The van der Waals surface area contributed by atoms with Crippen molar-refractivity contribution in [3.05, 3.63) is 23.3 Å². The average molecular weight is 316 g/mol. The zero-order chi connectivity index (χ0) is 16.8. The Hall–Kier alpha value is -1.05. The van der Waals surface area contributed by atoms with E-state index in [1.807, 2.05) is 0 Å². The highest BCUT2D eigenvalue weighted by Gasteiger charge is 2.56. The van der Waals surface area contributed by atoms with E-state index in [1.165, 1.54) is 26.4 Å². The summed E-state index contributed by atoms with van der Waals surface area (Å²) in [6.45, 7) is 9.23. The van der Waals surface area contributed by atoms with Gasteiger partial charge >= 0.3 is 5.97 Å². The summed E-state index contributed by atoms with van der Waals surface area (Å²) in [7, 11) is 1.54. The van der Waals surface area contributed by atoms with Crippen molar-refractivity contribution in [1.29, 1.82) is 0 Å². The first-order valence-electron chi connectivity index (χ1n) is 9.31. The lowest BCUT2D eigenvalue weighted by Gasteiger charge is -2.55. The van der Waals surface area contributed by atoms with Crippen LogP contribution in [0, 0.1) is 28.6 Å². The van der Waals surface area contributed by atoms with Crippen molar-refractivity contribution in [3.8, 4) is 0 Å². The van der Waals surface area contributed by atoms with E-state index in [0.29, 0.717) is 5.92 Å². The molecule has 2 heteroatoms. The van der Waals surface area contributed by atoms with Gasteiger partial charge in [-0.15, -0.1) is 0 Å². The van der Waals surface area contributed by atoms with Gasteiger partial charge in [-0.2, -0.15) is 0 Å². The molecule has 0 amide bonds. The maximum atomic E-state index is 12.5. The van der Waals surface area contributed by atoms with E-state index in [1.54, 1.807) is 11.1 Å². The zero-order valence-electron chi connectivity index (χ0n) is 15.4. The SMILES string of the molecule is COC(=O)[C@]1(C)CCC[C@]2(C)C3=CC[C@@H](C(C)C)CC3=CC[C@@H]12. The lowest BCUT2D eigenvalue weighted by Crippen LogP contribution is -2.51. The second kappa shape index (κ2) is 5.79.